The van der Waals surface area contributed by atoms with Gasteiger partial charge in [0.05, 0.1) is 16.8 Å². The number of nitrogen functional groups attached to an aromatic ring is 1. The van der Waals surface area contributed by atoms with Crippen molar-refractivity contribution in [1.29, 1.82) is 0 Å². The van der Waals surface area contributed by atoms with Gasteiger partial charge in [0, 0.05) is 12.1 Å². The maximum Gasteiger partial charge on any atom is 0.297 e. The van der Waals surface area contributed by atoms with Crippen LogP contribution in [0.4, 0.5) is 37.2 Å². The van der Waals surface area contributed by atoms with Gasteiger partial charge in [0.2, 0.25) is 0 Å². The van der Waals surface area contributed by atoms with Crippen molar-refractivity contribution < 1.29 is 52.8 Å². The minimum Gasteiger partial charge on any atom is -0.505 e. The molecule has 0 aliphatic rings. The van der Waals surface area contributed by atoms with Gasteiger partial charge in [0.15, 0.2) is 11.6 Å². The highest BCUT2D eigenvalue weighted by molar-refractivity contribution is 7.86. The minimum atomic E-state index is -5.31. The molecule has 4 aromatic carbocycles. The van der Waals surface area contributed by atoms with E-state index in [1.165, 1.54) is 12.1 Å². The van der Waals surface area contributed by atoms with Crippen molar-refractivity contribution >= 4 is 69.6 Å². The summed E-state index contributed by atoms with van der Waals surface area (Å²) < 4.78 is 128. The molecule has 0 radical (unpaired) electrons. The van der Waals surface area contributed by atoms with Gasteiger partial charge in [0.25, 0.3) is 30.4 Å². The van der Waals surface area contributed by atoms with Crippen LogP contribution < -0.4 is 5.73 Å². The molecule has 0 bridgehead atoms. The van der Waals surface area contributed by atoms with Gasteiger partial charge in [-0.2, -0.15) is 30.4 Å². The molecule has 0 atom stereocenters. The number of rotatable bonds is 7. The highest BCUT2D eigenvalue weighted by Crippen LogP contribution is 2.48. The predicted octanol–water partition coefficient (Wildman–Crippen LogP) is 5.29. The molecule has 0 saturated heterocycles. The Balaban J connectivity index is 2.01. The highest BCUT2D eigenvalue weighted by atomic mass is 32.2. The third-order valence-electron chi connectivity index (χ3n) is 5.71. The van der Waals surface area contributed by atoms with E-state index in [1.54, 1.807) is 19.1 Å². The second-order valence-corrected chi connectivity index (χ2v) is 12.9. The van der Waals surface area contributed by atoms with Gasteiger partial charge < -0.3 is 10.8 Å². The monoisotopic (exact) mass is 657 g/mol. The molecule has 226 valence electrons. The van der Waals surface area contributed by atoms with Crippen molar-refractivity contribution in [2.45, 2.75) is 21.6 Å². The fourth-order valence-electron chi connectivity index (χ4n) is 3.72. The lowest BCUT2D eigenvalue weighted by atomic mass is 10.1. The number of fused-ring (bicyclic) bond motifs is 1. The first-order valence-electron chi connectivity index (χ1n) is 11.2. The van der Waals surface area contributed by atoms with Crippen LogP contribution in [-0.4, -0.2) is 44.0 Å². The Bertz CT molecular complexity index is 2210. The molecule has 0 spiro atoms. The second-order valence-electron chi connectivity index (χ2n) is 8.70. The number of aryl methyl sites for hydroxylation is 1. The summed E-state index contributed by atoms with van der Waals surface area (Å²) in [5, 5.41) is 24.3. The molecule has 0 aliphatic carbocycles. The summed E-state index contributed by atoms with van der Waals surface area (Å²) in [6, 6.07) is 7.85. The van der Waals surface area contributed by atoms with E-state index >= 15 is 0 Å². The van der Waals surface area contributed by atoms with E-state index in [9.17, 15) is 48.2 Å². The van der Waals surface area contributed by atoms with Crippen molar-refractivity contribution in [2.24, 2.45) is 20.5 Å². The van der Waals surface area contributed by atoms with Crippen LogP contribution in [0.5, 0.6) is 5.75 Å². The van der Waals surface area contributed by atoms with Crippen LogP contribution in [-0.2, 0) is 30.4 Å². The van der Waals surface area contributed by atoms with E-state index < -0.39 is 95.9 Å². The van der Waals surface area contributed by atoms with Gasteiger partial charge in [0.1, 0.15) is 37.6 Å². The molecular weight excluding hydrogens is 640 g/mol. The van der Waals surface area contributed by atoms with Gasteiger partial charge in [-0.3, -0.25) is 13.7 Å². The van der Waals surface area contributed by atoms with E-state index in [0.29, 0.717) is 12.1 Å². The van der Waals surface area contributed by atoms with Crippen LogP contribution in [0.1, 0.15) is 5.56 Å². The van der Waals surface area contributed by atoms with Crippen LogP contribution in [0.15, 0.2) is 83.7 Å². The van der Waals surface area contributed by atoms with Crippen LogP contribution in [0.25, 0.3) is 10.8 Å². The van der Waals surface area contributed by atoms with Gasteiger partial charge >= 0.3 is 0 Å². The van der Waals surface area contributed by atoms with E-state index in [2.05, 4.69) is 20.5 Å². The topological polar surface area (TPSA) is 259 Å². The first-order valence-corrected chi connectivity index (χ1v) is 15.5. The molecule has 0 fully saturated rings. The largest absolute Gasteiger partial charge is 0.505 e. The Labute approximate surface area is 241 Å². The van der Waals surface area contributed by atoms with Crippen LogP contribution in [0.2, 0.25) is 0 Å². The summed E-state index contributed by atoms with van der Waals surface area (Å²) in [6.45, 7) is 1.79. The van der Waals surface area contributed by atoms with Gasteiger partial charge in [-0.15, -0.1) is 15.3 Å². The lowest BCUT2D eigenvalue weighted by Crippen LogP contribution is -2.04. The third-order valence-corrected chi connectivity index (χ3v) is 8.31. The summed E-state index contributed by atoms with van der Waals surface area (Å²) in [5.41, 5.74) is 3.67. The second kappa shape index (κ2) is 11.0. The molecule has 0 aromatic heterocycles. The van der Waals surface area contributed by atoms with Crippen molar-refractivity contribution in [2.75, 3.05) is 5.73 Å². The molecule has 0 amide bonds. The summed E-state index contributed by atoms with van der Waals surface area (Å²) in [7, 11) is -15.6. The number of phenolic OH excluding ortho intramolecular Hbond substituents is 1. The molecule has 43 heavy (non-hydrogen) atoms. The number of phenols is 1. The Hall–Kier alpha value is -4.47. The van der Waals surface area contributed by atoms with Gasteiger partial charge in [-0.05, 0) is 36.6 Å². The normalized spacial score (nSPS) is 13.0. The fraction of sp³-hybridized carbons (Fsp3) is 0.0435. The highest BCUT2D eigenvalue weighted by Gasteiger charge is 2.28. The fourth-order valence-corrected chi connectivity index (χ4v) is 5.61. The Morgan fingerprint density at radius 2 is 1.19 bits per heavy atom. The number of azo groups is 2. The average Bonchev–Trinajstić information content (AvgIpc) is 2.87. The number of aromatic hydroxyl groups is 1. The van der Waals surface area contributed by atoms with E-state index in [4.69, 9.17) is 10.3 Å². The van der Waals surface area contributed by atoms with E-state index in [1.807, 2.05) is 0 Å². The zero-order valence-corrected chi connectivity index (χ0v) is 23.7. The smallest absolute Gasteiger partial charge is 0.297 e. The van der Waals surface area contributed by atoms with Crippen LogP contribution in [0, 0.1) is 18.6 Å². The van der Waals surface area contributed by atoms with Crippen molar-refractivity contribution in [3.8, 4) is 5.75 Å². The molecular formula is C23H17F2N5O10S3. The standard InChI is InChI=1S/C23H17F2N5O10S3/c1-10-2-4-12(5-3-10)27-29-21-17(42(35,36)37)6-11-7-18(43(38,39)40)22(23(31)19(11)20(21)26)30-28-15-8-14(25)16(9-13(15)24)41(32,33)34/h2-9,31H,26H2,1H3,(H,32,33,34)(H,35,36,37)(H,38,39,40). The van der Waals surface area contributed by atoms with Crippen molar-refractivity contribution in [3.63, 3.8) is 0 Å². The number of halogens is 2. The zero-order chi connectivity index (χ0) is 32.1. The first kappa shape index (κ1) is 31.5. The van der Waals surface area contributed by atoms with E-state index in [-0.39, 0.29) is 17.8 Å². The maximum atomic E-state index is 14.4. The Kier molecular flexibility index (Phi) is 8.04. The Morgan fingerprint density at radius 3 is 1.72 bits per heavy atom. The molecule has 0 heterocycles. The molecule has 15 nitrogen and oxygen atoms in total. The SMILES string of the molecule is Cc1ccc(N=Nc2c(S(=O)(=O)O)cc3cc(S(=O)(=O)O)c(N=Nc4cc(F)c(S(=O)(=O)O)cc4F)c(O)c3c2N)cc1. The molecule has 6 N–H and O–H groups in total. The van der Waals surface area contributed by atoms with Crippen molar-refractivity contribution in [1.82, 2.24) is 0 Å². The molecule has 0 aliphatic heterocycles. The molecule has 20 heteroatoms. The quantitative estimate of drug-likeness (QED) is 0.0969. The summed E-state index contributed by atoms with van der Waals surface area (Å²) in [6.07, 6.45) is 0. The van der Waals surface area contributed by atoms with Crippen LogP contribution >= 0.6 is 0 Å². The molecule has 4 aromatic rings. The van der Waals surface area contributed by atoms with E-state index in [0.717, 1.165) is 5.56 Å². The minimum absolute atomic E-state index is 0.0587. The predicted molar refractivity (Wildman–Crippen MR) is 145 cm³/mol. The lowest BCUT2D eigenvalue weighted by Gasteiger charge is -2.14. The zero-order valence-electron chi connectivity index (χ0n) is 21.2. The Morgan fingerprint density at radius 1 is 0.674 bits per heavy atom. The average molecular weight is 658 g/mol. The summed E-state index contributed by atoms with van der Waals surface area (Å²) in [5.74, 6) is -4.39. The van der Waals surface area contributed by atoms with Gasteiger partial charge in [-0.1, -0.05) is 17.7 Å². The number of hydrogen-bond acceptors (Lipinski definition) is 12. The number of benzene rings is 4. The number of nitrogens with two attached hydrogens (primary N) is 1. The number of nitrogens with zero attached hydrogens (tertiary/aromatic N) is 4. The number of anilines is 1. The summed E-state index contributed by atoms with van der Waals surface area (Å²) >= 11 is 0. The maximum absolute atomic E-state index is 14.4. The molecule has 4 rings (SSSR count). The number of hydrogen-bond donors (Lipinski definition) is 5. The third kappa shape index (κ3) is 6.48. The van der Waals surface area contributed by atoms with Gasteiger partial charge in [-0.25, -0.2) is 8.78 Å². The van der Waals surface area contributed by atoms with Crippen molar-refractivity contribution in [3.05, 3.63) is 65.7 Å². The molecule has 0 unspecified atom stereocenters. The first-order chi connectivity index (χ1) is 19.8. The molecule has 0 saturated carbocycles. The summed E-state index contributed by atoms with van der Waals surface area (Å²) in [4.78, 5) is -3.61. The van der Waals surface area contributed by atoms with Crippen LogP contribution in [0.3, 0.4) is 0 Å². The lowest BCUT2D eigenvalue weighted by molar-refractivity contribution is 0.469.